The molecule has 0 aliphatic heterocycles. The van der Waals surface area contributed by atoms with Crippen molar-refractivity contribution in [2.45, 2.75) is 0 Å². The Morgan fingerprint density at radius 3 is 2.20 bits per heavy atom. The minimum atomic E-state index is 0.827. The number of hydrogen-bond acceptors (Lipinski definition) is 2. The summed E-state index contributed by atoms with van der Waals surface area (Å²) in [7, 11) is 3.24. The predicted octanol–water partition coefficient (Wildman–Crippen LogP) is 0.0411. The Morgan fingerprint density at radius 2 is 1.80 bits per heavy atom. The lowest BCUT2D eigenvalue weighted by molar-refractivity contribution is -0.885. The van der Waals surface area contributed by atoms with Gasteiger partial charge in [0, 0.05) is 16.9 Å². The van der Waals surface area contributed by atoms with Crippen LogP contribution in [-0.2, 0) is 0 Å². The van der Waals surface area contributed by atoms with Crippen LogP contribution in [0.1, 0.15) is 0 Å². The lowest BCUT2D eigenvalue weighted by Gasteiger charge is -1.94. The molecule has 0 atom stereocenters. The summed E-state index contributed by atoms with van der Waals surface area (Å²) in [4.78, 5) is 4.87. The molecule has 3 nitrogen and oxygen atoms in total. The first-order valence-electron chi connectivity index (χ1n) is 2.96. The number of aromatic nitrogens is 1. The van der Waals surface area contributed by atoms with E-state index >= 15 is 0 Å². The Kier molecular flexibility index (Phi) is 2.10. The maximum absolute atomic E-state index is 4.94. The highest BCUT2D eigenvalue weighted by Gasteiger charge is 1.96. The van der Waals surface area contributed by atoms with Gasteiger partial charge in [-0.05, 0) is 0 Å². The molecule has 3 heteroatoms. The van der Waals surface area contributed by atoms with Gasteiger partial charge < -0.3 is 4.74 Å². The molecule has 1 rings (SSSR count). The fourth-order valence-electron chi connectivity index (χ4n) is 0.657. The summed E-state index contributed by atoms with van der Waals surface area (Å²) in [6.45, 7) is 0. The largest absolute Gasteiger partial charge is 0.496 e. The molecule has 0 amide bonds. The van der Waals surface area contributed by atoms with E-state index < -0.39 is 0 Å². The van der Waals surface area contributed by atoms with Crippen LogP contribution in [0.5, 0.6) is 5.75 Å². The van der Waals surface area contributed by atoms with Gasteiger partial charge in [0.25, 0.3) is 0 Å². The van der Waals surface area contributed by atoms with Crippen molar-refractivity contribution < 1.29 is 14.3 Å². The second-order valence-corrected chi connectivity index (χ2v) is 1.78. The van der Waals surface area contributed by atoms with E-state index in [0.29, 0.717) is 0 Å². The molecule has 54 valence electrons. The van der Waals surface area contributed by atoms with E-state index in [0.717, 1.165) is 5.75 Å². The molecule has 0 unspecified atom stereocenters. The third-order valence-electron chi connectivity index (χ3n) is 1.22. The predicted molar refractivity (Wildman–Crippen MR) is 35.7 cm³/mol. The van der Waals surface area contributed by atoms with Crippen molar-refractivity contribution in [3.05, 3.63) is 24.5 Å². The van der Waals surface area contributed by atoms with Gasteiger partial charge in [-0.3, -0.25) is 4.84 Å². The van der Waals surface area contributed by atoms with Gasteiger partial charge in [-0.15, -0.1) is 0 Å². The van der Waals surface area contributed by atoms with Crippen LogP contribution in [0.4, 0.5) is 0 Å². The van der Waals surface area contributed by atoms with Crippen LogP contribution in [0.25, 0.3) is 0 Å². The Bertz CT molecular complexity index is 172. The number of rotatable bonds is 2. The first-order valence-corrected chi connectivity index (χ1v) is 2.96. The lowest BCUT2D eigenvalue weighted by Crippen LogP contribution is -2.39. The molecule has 0 N–H and O–H groups in total. The van der Waals surface area contributed by atoms with Crippen LogP contribution in [0, 0.1) is 0 Å². The second kappa shape index (κ2) is 3.06. The zero-order valence-corrected chi connectivity index (χ0v) is 6.07. The molecule has 1 heterocycles. The molecule has 0 fully saturated rings. The van der Waals surface area contributed by atoms with Gasteiger partial charge in [-0.1, -0.05) is 0 Å². The van der Waals surface area contributed by atoms with Crippen LogP contribution in [0.3, 0.4) is 0 Å². The summed E-state index contributed by atoms with van der Waals surface area (Å²) in [5, 5.41) is 0. The van der Waals surface area contributed by atoms with Crippen molar-refractivity contribution in [2.24, 2.45) is 0 Å². The molecule has 0 saturated heterocycles. The Morgan fingerprint density at radius 1 is 1.20 bits per heavy atom. The molecule has 1 aromatic rings. The standard InChI is InChI=1S/C7H10NO2/c1-9-7-3-5-8(10-2)6-4-7/h3-6H,1-2H3/q+1. The Hall–Kier alpha value is -1.25. The van der Waals surface area contributed by atoms with Crippen molar-refractivity contribution in [3.8, 4) is 5.75 Å². The molecule has 10 heavy (non-hydrogen) atoms. The van der Waals surface area contributed by atoms with Gasteiger partial charge in [0.15, 0.2) is 0 Å². The van der Waals surface area contributed by atoms with Crippen LogP contribution >= 0.6 is 0 Å². The van der Waals surface area contributed by atoms with Crippen molar-refractivity contribution in [2.75, 3.05) is 14.2 Å². The van der Waals surface area contributed by atoms with Gasteiger partial charge in [0.1, 0.15) is 12.9 Å². The van der Waals surface area contributed by atoms with E-state index in [1.807, 2.05) is 12.1 Å². The average Bonchev–Trinajstić information content (AvgIpc) is 2.05. The highest BCUT2D eigenvalue weighted by atomic mass is 16.6. The highest BCUT2D eigenvalue weighted by molar-refractivity contribution is 5.13. The smallest absolute Gasteiger partial charge is 0.226 e. The van der Waals surface area contributed by atoms with E-state index in [4.69, 9.17) is 9.57 Å². The first-order chi connectivity index (χ1) is 4.86. The summed E-state index contributed by atoms with van der Waals surface area (Å²) < 4.78 is 6.53. The second-order valence-electron chi connectivity index (χ2n) is 1.78. The topological polar surface area (TPSA) is 22.3 Å². The molecule has 0 aliphatic rings. The number of hydrogen-bond donors (Lipinski definition) is 0. The quantitative estimate of drug-likeness (QED) is 0.541. The normalized spacial score (nSPS) is 9.00. The summed E-state index contributed by atoms with van der Waals surface area (Å²) in [5.74, 6) is 0.827. The minimum Gasteiger partial charge on any atom is -0.496 e. The van der Waals surface area contributed by atoms with Crippen LogP contribution in [0.15, 0.2) is 24.5 Å². The fourth-order valence-corrected chi connectivity index (χ4v) is 0.657. The SMILES string of the molecule is COc1cc[n+](OC)cc1. The van der Waals surface area contributed by atoms with Gasteiger partial charge in [0.05, 0.1) is 7.11 Å². The maximum atomic E-state index is 4.94. The van der Waals surface area contributed by atoms with E-state index in [1.165, 1.54) is 0 Å². The minimum absolute atomic E-state index is 0.827. The number of nitrogens with zero attached hydrogens (tertiary/aromatic N) is 1. The molecule has 1 aromatic heterocycles. The van der Waals surface area contributed by atoms with Crippen LogP contribution in [0.2, 0.25) is 0 Å². The molecular weight excluding hydrogens is 130 g/mol. The monoisotopic (exact) mass is 140 g/mol. The molecule has 0 spiro atoms. The fraction of sp³-hybridized carbons (Fsp3) is 0.286. The van der Waals surface area contributed by atoms with Gasteiger partial charge in [0.2, 0.25) is 12.4 Å². The highest BCUT2D eigenvalue weighted by Crippen LogP contribution is 2.02. The van der Waals surface area contributed by atoms with Gasteiger partial charge >= 0.3 is 0 Å². The van der Waals surface area contributed by atoms with E-state index in [2.05, 4.69) is 0 Å². The van der Waals surface area contributed by atoms with E-state index in [-0.39, 0.29) is 0 Å². The zero-order chi connectivity index (χ0) is 7.40. The Balaban J connectivity index is 2.80. The average molecular weight is 140 g/mol. The summed E-state index contributed by atoms with van der Waals surface area (Å²) in [5.41, 5.74) is 0. The molecule has 0 aliphatic carbocycles. The number of methoxy groups -OCH3 is 1. The maximum Gasteiger partial charge on any atom is 0.226 e. The van der Waals surface area contributed by atoms with E-state index in [9.17, 15) is 0 Å². The molecular formula is C7H10NO2+. The van der Waals surface area contributed by atoms with Gasteiger partial charge in [-0.25, -0.2) is 0 Å². The molecule has 0 aromatic carbocycles. The zero-order valence-electron chi connectivity index (χ0n) is 6.07. The van der Waals surface area contributed by atoms with Crippen molar-refractivity contribution in [3.63, 3.8) is 0 Å². The number of pyridine rings is 1. The third-order valence-corrected chi connectivity index (χ3v) is 1.22. The summed E-state index contributed by atoms with van der Waals surface area (Å²) in [6, 6.07) is 3.65. The number of ether oxygens (including phenoxy) is 1. The van der Waals surface area contributed by atoms with Gasteiger partial charge in [-0.2, -0.15) is 0 Å². The Labute approximate surface area is 59.8 Å². The summed E-state index contributed by atoms with van der Waals surface area (Å²) in [6.07, 6.45) is 3.55. The molecule has 0 radical (unpaired) electrons. The molecule has 0 bridgehead atoms. The van der Waals surface area contributed by atoms with Crippen molar-refractivity contribution in [1.29, 1.82) is 0 Å². The van der Waals surface area contributed by atoms with Crippen LogP contribution < -0.4 is 14.3 Å². The van der Waals surface area contributed by atoms with Crippen LogP contribution in [-0.4, -0.2) is 14.2 Å². The molecule has 0 saturated carbocycles. The third kappa shape index (κ3) is 1.37. The lowest BCUT2D eigenvalue weighted by atomic mass is 10.5. The first kappa shape index (κ1) is 6.86. The van der Waals surface area contributed by atoms with Crippen molar-refractivity contribution in [1.82, 2.24) is 0 Å². The van der Waals surface area contributed by atoms with Crippen molar-refractivity contribution >= 4 is 0 Å². The summed E-state index contributed by atoms with van der Waals surface area (Å²) >= 11 is 0. The van der Waals surface area contributed by atoms with E-state index in [1.54, 1.807) is 31.3 Å².